The van der Waals surface area contributed by atoms with Crippen molar-refractivity contribution in [3.63, 3.8) is 0 Å². The molecule has 1 aliphatic rings. The van der Waals surface area contributed by atoms with Crippen LogP contribution in [0.15, 0.2) is 24.8 Å². The van der Waals surface area contributed by atoms with Gasteiger partial charge in [-0.15, -0.1) is 0 Å². The minimum Gasteiger partial charge on any atom is -0.479 e. The molecule has 3 nitrogen and oxygen atoms in total. The Morgan fingerprint density at radius 1 is 1.60 bits per heavy atom. The lowest BCUT2D eigenvalue weighted by Crippen LogP contribution is -2.30. The van der Waals surface area contributed by atoms with E-state index in [-0.39, 0.29) is 0 Å². The van der Waals surface area contributed by atoms with Gasteiger partial charge in [0.1, 0.15) is 5.75 Å². The molecule has 0 fully saturated rings. The molecule has 0 spiro atoms. The van der Waals surface area contributed by atoms with E-state index in [9.17, 15) is 4.79 Å². The van der Waals surface area contributed by atoms with Crippen LogP contribution in [0.5, 0.6) is 5.75 Å². The predicted octanol–water partition coefficient (Wildman–Crippen LogP) is 2.11. The molecule has 3 heteroatoms. The van der Waals surface area contributed by atoms with Crippen LogP contribution in [0.3, 0.4) is 0 Å². The summed E-state index contributed by atoms with van der Waals surface area (Å²) in [5.74, 6) is -0.226. The van der Waals surface area contributed by atoms with Crippen molar-refractivity contribution in [2.45, 2.75) is 18.9 Å². The predicted molar refractivity (Wildman–Crippen MR) is 56.9 cm³/mol. The molecular formula is C12H12O3. The highest BCUT2D eigenvalue weighted by atomic mass is 16.5. The molecule has 1 atom stereocenters. The monoisotopic (exact) mass is 204 g/mol. The molecule has 0 bridgehead atoms. The van der Waals surface area contributed by atoms with Crippen LogP contribution in [0.1, 0.15) is 17.5 Å². The van der Waals surface area contributed by atoms with Crippen molar-refractivity contribution in [1.82, 2.24) is 0 Å². The quantitative estimate of drug-likeness (QED) is 0.802. The van der Waals surface area contributed by atoms with Crippen molar-refractivity contribution >= 4 is 12.0 Å². The Morgan fingerprint density at radius 2 is 2.40 bits per heavy atom. The van der Waals surface area contributed by atoms with Gasteiger partial charge in [-0.05, 0) is 30.0 Å². The number of ether oxygens (including phenoxy) is 1. The number of rotatable bonds is 2. The molecule has 1 aliphatic heterocycles. The summed E-state index contributed by atoms with van der Waals surface area (Å²) in [6.07, 6.45) is 2.30. The molecule has 0 radical (unpaired) electrons. The number of carboxylic acid groups (broad SMARTS) is 1. The Kier molecular flexibility index (Phi) is 2.46. The van der Waals surface area contributed by atoms with Crippen LogP contribution in [-0.2, 0) is 11.2 Å². The van der Waals surface area contributed by atoms with E-state index in [2.05, 4.69) is 6.58 Å². The molecule has 78 valence electrons. The molecule has 1 unspecified atom stereocenters. The number of hydrogen-bond donors (Lipinski definition) is 1. The summed E-state index contributed by atoms with van der Waals surface area (Å²) in [4.78, 5) is 10.8. The van der Waals surface area contributed by atoms with E-state index in [1.165, 1.54) is 0 Å². The van der Waals surface area contributed by atoms with E-state index in [1.807, 2.05) is 18.2 Å². The lowest BCUT2D eigenvalue weighted by molar-refractivity contribution is -0.145. The number of benzene rings is 1. The molecule has 1 aromatic carbocycles. The molecular weight excluding hydrogens is 192 g/mol. The van der Waals surface area contributed by atoms with Gasteiger partial charge < -0.3 is 9.84 Å². The van der Waals surface area contributed by atoms with Gasteiger partial charge in [-0.25, -0.2) is 4.79 Å². The molecule has 1 N–H and O–H groups in total. The fourth-order valence-electron chi connectivity index (χ4n) is 1.69. The smallest absolute Gasteiger partial charge is 0.344 e. The molecule has 0 aromatic heterocycles. The fraction of sp³-hybridized carbons (Fsp3) is 0.250. The molecule has 2 rings (SSSR count). The third-order valence-electron chi connectivity index (χ3n) is 2.55. The van der Waals surface area contributed by atoms with Gasteiger partial charge in [-0.2, -0.15) is 0 Å². The van der Waals surface area contributed by atoms with E-state index in [0.29, 0.717) is 12.2 Å². The minimum absolute atomic E-state index is 0.537. The zero-order valence-electron chi connectivity index (χ0n) is 8.27. The van der Waals surface area contributed by atoms with Crippen molar-refractivity contribution in [3.05, 3.63) is 35.9 Å². The lowest BCUT2D eigenvalue weighted by Gasteiger charge is -2.23. The summed E-state index contributed by atoms with van der Waals surface area (Å²) in [5.41, 5.74) is 2.01. The molecule has 0 saturated heterocycles. The summed E-state index contributed by atoms with van der Waals surface area (Å²) in [7, 11) is 0. The normalized spacial score (nSPS) is 18.8. The minimum atomic E-state index is -0.898. The first kappa shape index (κ1) is 9.77. The van der Waals surface area contributed by atoms with Crippen LogP contribution in [0.2, 0.25) is 0 Å². The summed E-state index contributed by atoms with van der Waals surface area (Å²) < 4.78 is 5.39. The second kappa shape index (κ2) is 3.77. The average molecular weight is 204 g/mol. The summed E-state index contributed by atoms with van der Waals surface area (Å²) >= 11 is 0. The Balaban J connectivity index is 2.30. The number of fused-ring (bicyclic) bond motifs is 1. The molecule has 1 heterocycles. The van der Waals surface area contributed by atoms with Gasteiger partial charge in [0.2, 0.25) is 0 Å². The highest BCUT2D eigenvalue weighted by Gasteiger charge is 2.25. The number of carboxylic acids is 1. The van der Waals surface area contributed by atoms with Crippen LogP contribution < -0.4 is 4.74 Å². The van der Waals surface area contributed by atoms with E-state index >= 15 is 0 Å². The van der Waals surface area contributed by atoms with E-state index in [0.717, 1.165) is 17.5 Å². The van der Waals surface area contributed by atoms with Crippen LogP contribution in [0.4, 0.5) is 0 Å². The molecule has 0 saturated carbocycles. The van der Waals surface area contributed by atoms with Crippen molar-refractivity contribution in [2.75, 3.05) is 0 Å². The molecule has 15 heavy (non-hydrogen) atoms. The number of hydrogen-bond acceptors (Lipinski definition) is 2. The van der Waals surface area contributed by atoms with E-state index in [1.54, 1.807) is 6.08 Å². The SMILES string of the molecule is C=Cc1ccc2c(c1)OC(C(=O)O)CC2. The van der Waals surface area contributed by atoms with Crippen molar-refractivity contribution in [2.24, 2.45) is 0 Å². The van der Waals surface area contributed by atoms with E-state index in [4.69, 9.17) is 9.84 Å². The van der Waals surface area contributed by atoms with Crippen molar-refractivity contribution < 1.29 is 14.6 Å². The zero-order valence-corrected chi connectivity index (χ0v) is 8.27. The third kappa shape index (κ3) is 1.86. The second-order valence-corrected chi connectivity index (χ2v) is 3.55. The first-order valence-corrected chi connectivity index (χ1v) is 4.85. The molecule has 0 amide bonds. The average Bonchev–Trinajstić information content (AvgIpc) is 2.27. The summed E-state index contributed by atoms with van der Waals surface area (Å²) in [6.45, 7) is 3.66. The Labute approximate surface area is 88.0 Å². The standard InChI is InChI=1S/C12H12O3/c1-2-8-3-4-9-5-6-10(12(13)14)15-11(9)7-8/h2-4,7,10H,1,5-6H2,(H,13,14). The maximum Gasteiger partial charge on any atom is 0.344 e. The summed E-state index contributed by atoms with van der Waals surface area (Å²) in [5, 5.41) is 8.85. The first-order valence-electron chi connectivity index (χ1n) is 4.85. The Morgan fingerprint density at radius 3 is 3.07 bits per heavy atom. The summed E-state index contributed by atoms with van der Waals surface area (Å²) in [6, 6.07) is 5.75. The van der Waals surface area contributed by atoms with Crippen LogP contribution in [0.25, 0.3) is 6.08 Å². The highest BCUT2D eigenvalue weighted by Crippen LogP contribution is 2.28. The molecule has 0 aliphatic carbocycles. The van der Waals surface area contributed by atoms with Crippen LogP contribution in [-0.4, -0.2) is 17.2 Å². The maximum atomic E-state index is 10.8. The Bertz CT molecular complexity index is 409. The number of aryl methyl sites for hydroxylation is 1. The number of aliphatic carboxylic acids is 1. The zero-order chi connectivity index (χ0) is 10.8. The topological polar surface area (TPSA) is 46.5 Å². The van der Waals surface area contributed by atoms with Gasteiger partial charge in [0.25, 0.3) is 0 Å². The van der Waals surface area contributed by atoms with E-state index < -0.39 is 12.1 Å². The lowest BCUT2D eigenvalue weighted by atomic mass is 10.0. The van der Waals surface area contributed by atoms with Gasteiger partial charge in [0.15, 0.2) is 6.10 Å². The van der Waals surface area contributed by atoms with Gasteiger partial charge in [0.05, 0.1) is 0 Å². The molecule has 1 aromatic rings. The second-order valence-electron chi connectivity index (χ2n) is 3.55. The number of carbonyl (C=O) groups is 1. The van der Waals surface area contributed by atoms with Crippen LogP contribution >= 0.6 is 0 Å². The maximum absolute atomic E-state index is 10.8. The highest BCUT2D eigenvalue weighted by molar-refractivity contribution is 5.73. The first-order chi connectivity index (χ1) is 7.20. The largest absolute Gasteiger partial charge is 0.479 e. The van der Waals surface area contributed by atoms with Gasteiger partial charge in [0, 0.05) is 0 Å². The van der Waals surface area contributed by atoms with Gasteiger partial charge in [-0.1, -0.05) is 24.8 Å². The van der Waals surface area contributed by atoms with Crippen LogP contribution in [0, 0.1) is 0 Å². The Hall–Kier alpha value is -1.77. The van der Waals surface area contributed by atoms with Crippen molar-refractivity contribution in [1.29, 1.82) is 0 Å². The fourth-order valence-corrected chi connectivity index (χ4v) is 1.69. The van der Waals surface area contributed by atoms with Crippen molar-refractivity contribution in [3.8, 4) is 5.75 Å². The van der Waals surface area contributed by atoms with Gasteiger partial charge >= 0.3 is 5.97 Å². The van der Waals surface area contributed by atoms with Gasteiger partial charge in [-0.3, -0.25) is 0 Å². The third-order valence-corrected chi connectivity index (χ3v) is 2.55.